The second-order valence-corrected chi connectivity index (χ2v) is 8.21. The maximum atomic E-state index is 14.0. The molecule has 8 heteroatoms. The number of anilines is 1. The van der Waals surface area contributed by atoms with Gasteiger partial charge in [-0.1, -0.05) is 36.8 Å². The summed E-state index contributed by atoms with van der Waals surface area (Å²) < 4.78 is 51.9. The van der Waals surface area contributed by atoms with E-state index in [1.165, 1.54) is 0 Å². The average Bonchev–Trinajstić information content (AvgIpc) is 2.58. The molecule has 2 rings (SSSR count). The zero-order chi connectivity index (χ0) is 20.2. The third-order valence-electron chi connectivity index (χ3n) is 4.09. The van der Waals surface area contributed by atoms with Gasteiger partial charge in [0, 0.05) is 6.07 Å². The van der Waals surface area contributed by atoms with E-state index >= 15 is 0 Å². The quantitative estimate of drug-likeness (QED) is 0.781. The third-order valence-corrected chi connectivity index (χ3v) is 5.22. The van der Waals surface area contributed by atoms with Gasteiger partial charge < -0.3 is 5.32 Å². The fraction of sp³-hybridized carbons (Fsp3) is 0.316. The van der Waals surface area contributed by atoms with Gasteiger partial charge in [-0.15, -0.1) is 0 Å². The number of hydrogen-bond acceptors (Lipinski definition) is 3. The zero-order valence-corrected chi connectivity index (χ0v) is 16.2. The first kappa shape index (κ1) is 20.8. The van der Waals surface area contributed by atoms with Crippen LogP contribution in [-0.2, 0) is 14.8 Å². The summed E-state index contributed by atoms with van der Waals surface area (Å²) in [6.07, 6.45) is 1.46. The summed E-state index contributed by atoms with van der Waals surface area (Å²) in [5.41, 5.74) is 1.59. The zero-order valence-electron chi connectivity index (χ0n) is 15.4. The fourth-order valence-electron chi connectivity index (χ4n) is 2.65. The van der Waals surface area contributed by atoms with Crippen molar-refractivity contribution in [3.63, 3.8) is 0 Å². The minimum Gasteiger partial charge on any atom is -0.348 e. The first-order valence-corrected chi connectivity index (χ1v) is 10.3. The van der Waals surface area contributed by atoms with Crippen molar-refractivity contribution in [3.8, 4) is 0 Å². The number of halogens is 2. The Hall–Kier alpha value is -2.48. The molecule has 0 aromatic heterocycles. The lowest BCUT2D eigenvalue weighted by Gasteiger charge is -2.24. The molecular weight excluding hydrogens is 374 g/mol. The van der Waals surface area contributed by atoms with E-state index in [-0.39, 0.29) is 11.7 Å². The molecule has 0 saturated heterocycles. The van der Waals surface area contributed by atoms with Crippen molar-refractivity contribution in [2.75, 3.05) is 17.1 Å². The Kier molecular flexibility index (Phi) is 6.54. The van der Waals surface area contributed by atoms with Crippen molar-refractivity contribution in [2.45, 2.75) is 26.3 Å². The second-order valence-electron chi connectivity index (χ2n) is 6.30. The lowest BCUT2D eigenvalue weighted by molar-refractivity contribution is -0.120. The largest absolute Gasteiger partial charge is 0.348 e. The number of benzene rings is 2. The van der Waals surface area contributed by atoms with Gasteiger partial charge in [0.2, 0.25) is 15.9 Å². The highest BCUT2D eigenvalue weighted by Crippen LogP contribution is 2.23. The van der Waals surface area contributed by atoms with E-state index in [2.05, 4.69) is 5.32 Å². The Morgan fingerprint density at radius 2 is 1.78 bits per heavy atom. The first-order chi connectivity index (χ1) is 12.6. The smallest absolute Gasteiger partial charge is 0.241 e. The molecule has 1 amide bonds. The Morgan fingerprint density at radius 1 is 1.15 bits per heavy atom. The van der Waals surface area contributed by atoms with Crippen LogP contribution in [0.3, 0.4) is 0 Å². The molecule has 0 saturated carbocycles. The first-order valence-electron chi connectivity index (χ1n) is 8.40. The normalized spacial score (nSPS) is 12.5. The highest BCUT2D eigenvalue weighted by Gasteiger charge is 2.25. The highest BCUT2D eigenvalue weighted by atomic mass is 32.2. The number of rotatable bonds is 7. The van der Waals surface area contributed by atoms with Crippen molar-refractivity contribution in [3.05, 3.63) is 65.2 Å². The van der Waals surface area contributed by atoms with Crippen molar-refractivity contribution in [2.24, 2.45) is 0 Å². The van der Waals surface area contributed by atoms with Gasteiger partial charge in [0.25, 0.3) is 0 Å². The number of carbonyl (C=O) groups is 1. The molecule has 0 aliphatic carbocycles. The maximum absolute atomic E-state index is 14.0. The van der Waals surface area contributed by atoms with E-state index in [9.17, 15) is 22.0 Å². The number of hydrogen-bond donors (Lipinski definition) is 1. The molecule has 0 heterocycles. The maximum Gasteiger partial charge on any atom is 0.241 e. The van der Waals surface area contributed by atoms with Crippen LogP contribution in [0.2, 0.25) is 0 Å². The predicted octanol–water partition coefficient (Wildman–Crippen LogP) is 3.31. The van der Waals surface area contributed by atoms with Crippen LogP contribution < -0.4 is 9.62 Å². The molecule has 5 nitrogen and oxygen atoms in total. The van der Waals surface area contributed by atoms with Gasteiger partial charge in [0.05, 0.1) is 18.0 Å². The molecule has 0 radical (unpaired) electrons. The molecule has 2 aromatic carbocycles. The van der Waals surface area contributed by atoms with E-state index in [4.69, 9.17) is 0 Å². The van der Waals surface area contributed by atoms with Crippen LogP contribution in [-0.4, -0.2) is 27.1 Å². The van der Waals surface area contributed by atoms with E-state index in [0.717, 1.165) is 29.5 Å². The van der Waals surface area contributed by atoms with Gasteiger partial charge in [-0.2, -0.15) is 0 Å². The summed E-state index contributed by atoms with van der Waals surface area (Å²) in [6.45, 7) is 3.23. The standard InChI is InChI=1S/C19H22F2N2O3S/c1-4-17(14-7-5-13(2)6-8-14)22-19(24)12-23(27(3,25)26)18-10-9-15(20)11-16(18)21/h5-11,17H,4,12H2,1-3H3,(H,22,24)/t17-/m0/s1. The Balaban J connectivity index is 2.22. The lowest BCUT2D eigenvalue weighted by Crippen LogP contribution is -2.41. The van der Waals surface area contributed by atoms with Gasteiger partial charge in [-0.25, -0.2) is 17.2 Å². The minimum atomic E-state index is -3.95. The fourth-order valence-corrected chi connectivity index (χ4v) is 3.51. The van der Waals surface area contributed by atoms with Crippen LogP contribution in [0.25, 0.3) is 0 Å². The molecule has 27 heavy (non-hydrogen) atoms. The molecular formula is C19H22F2N2O3S. The summed E-state index contributed by atoms with van der Waals surface area (Å²) >= 11 is 0. The summed E-state index contributed by atoms with van der Waals surface area (Å²) in [5.74, 6) is -2.48. The Labute approximate surface area is 158 Å². The molecule has 0 bridgehead atoms. The van der Waals surface area contributed by atoms with Gasteiger partial charge >= 0.3 is 0 Å². The van der Waals surface area contributed by atoms with Crippen LogP contribution in [0.1, 0.15) is 30.5 Å². The number of nitrogens with one attached hydrogen (secondary N) is 1. The molecule has 2 aromatic rings. The number of nitrogens with zero attached hydrogens (tertiary/aromatic N) is 1. The van der Waals surface area contributed by atoms with Crippen molar-refractivity contribution in [1.29, 1.82) is 0 Å². The second kappa shape index (κ2) is 8.47. The van der Waals surface area contributed by atoms with E-state index in [1.54, 1.807) is 0 Å². The van der Waals surface area contributed by atoms with Crippen LogP contribution in [0.5, 0.6) is 0 Å². The number of sulfonamides is 1. The summed E-state index contributed by atoms with van der Waals surface area (Å²) in [6, 6.07) is 9.81. The molecule has 1 N–H and O–H groups in total. The van der Waals surface area contributed by atoms with E-state index in [1.807, 2.05) is 38.1 Å². The number of carbonyl (C=O) groups excluding carboxylic acids is 1. The lowest BCUT2D eigenvalue weighted by atomic mass is 10.0. The molecule has 0 fully saturated rings. The Morgan fingerprint density at radius 3 is 2.30 bits per heavy atom. The molecule has 0 unspecified atom stereocenters. The minimum absolute atomic E-state index is 0.308. The summed E-state index contributed by atoms with van der Waals surface area (Å²) in [7, 11) is -3.95. The monoisotopic (exact) mass is 396 g/mol. The van der Waals surface area contributed by atoms with Gasteiger partial charge in [0.1, 0.15) is 18.2 Å². The summed E-state index contributed by atoms with van der Waals surface area (Å²) in [5, 5.41) is 2.76. The summed E-state index contributed by atoms with van der Waals surface area (Å²) in [4.78, 5) is 12.4. The van der Waals surface area contributed by atoms with Gasteiger partial charge in [-0.3, -0.25) is 9.10 Å². The third kappa shape index (κ3) is 5.50. The topological polar surface area (TPSA) is 66.5 Å². The van der Waals surface area contributed by atoms with E-state index in [0.29, 0.717) is 16.8 Å². The average molecular weight is 396 g/mol. The SMILES string of the molecule is CC[C@H](NC(=O)CN(c1ccc(F)cc1F)S(C)(=O)=O)c1ccc(C)cc1. The molecule has 0 aliphatic heterocycles. The predicted molar refractivity (Wildman–Crippen MR) is 101 cm³/mol. The van der Waals surface area contributed by atoms with E-state index < -0.39 is 34.1 Å². The number of amides is 1. The van der Waals surface area contributed by atoms with Crippen molar-refractivity contribution in [1.82, 2.24) is 5.32 Å². The molecule has 146 valence electrons. The highest BCUT2D eigenvalue weighted by molar-refractivity contribution is 7.92. The molecule has 0 spiro atoms. The van der Waals surface area contributed by atoms with Crippen LogP contribution in [0, 0.1) is 18.6 Å². The van der Waals surface area contributed by atoms with Crippen LogP contribution in [0.15, 0.2) is 42.5 Å². The van der Waals surface area contributed by atoms with Gasteiger partial charge in [-0.05, 0) is 31.0 Å². The number of aryl methyl sites for hydroxylation is 1. The molecule has 0 aliphatic rings. The van der Waals surface area contributed by atoms with Crippen LogP contribution >= 0.6 is 0 Å². The molecule has 1 atom stereocenters. The Bertz CT molecular complexity index is 915. The van der Waals surface area contributed by atoms with Crippen molar-refractivity contribution < 1.29 is 22.0 Å². The van der Waals surface area contributed by atoms with Crippen molar-refractivity contribution >= 4 is 21.6 Å². The van der Waals surface area contributed by atoms with Gasteiger partial charge in [0.15, 0.2) is 0 Å². The van der Waals surface area contributed by atoms with Crippen LogP contribution in [0.4, 0.5) is 14.5 Å².